The van der Waals surface area contributed by atoms with Crippen molar-refractivity contribution in [2.24, 2.45) is 0 Å². The number of benzene rings is 1. The molecule has 1 aromatic heterocycles. The Balaban J connectivity index is 1.65. The zero-order valence-electron chi connectivity index (χ0n) is 17.2. The van der Waals surface area contributed by atoms with E-state index < -0.39 is 17.6 Å². The lowest BCUT2D eigenvalue weighted by Crippen LogP contribution is -2.25. The van der Waals surface area contributed by atoms with Crippen LogP contribution in [0.15, 0.2) is 36.5 Å². The van der Waals surface area contributed by atoms with Crippen molar-refractivity contribution in [1.29, 1.82) is 0 Å². The van der Waals surface area contributed by atoms with Crippen LogP contribution in [0.2, 0.25) is 0 Å². The molecule has 0 radical (unpaired) electrons. The summed E-state index contributed by atoms with van der Waals surface area (Å²) in [6, 6.07) is 4.00. The molecule has 31 heavy (non-hydrogen) atoms. The molecule has 1 aromatic carbocycles. The number of halogens is 3. The Morgan fingerprint density at radius 1 is 1.39 bits per heavy atom. The third-order valence-corrected chi connectivity index (χ3v) is 4.79. The fraction of sp³-hybridized carbons (Fsp3) is 0.476. The van der Waals surface area contributed by atoms with Gasteiger partial charge >= 0.3 is 6.18 Å². The Kier molecular flexibility index (Phi) is 7.45. The Bertz CT molecular complexity index is 921. The van der Waals surface area contributed by atoms with Crippen molar-refractivity contribution in [3.8, 4) is 0 Å². The molecule has 1 amide bonds. The van der Waals surface area contributed by atoms with Crippen LogP contribution in [0.3, 0.4) is 0 Å². The molecule has 1 atom stereocenters. The lowest BCUT2D eigenvalue weighted by atomic mass is 10.0. The summed E-state index contributed by atoms with van der Waals surface area (Å²) >= 11 is 0. The topological polar surface area (TPSA) is 78.3 Å². The molecule has 1 fully saturated rings. The smallest absolute Gasteiger partial charge is 0.353 e. The second-order valence-electron chi connectivity index (χ2n) is 7.47. The molecule has 1 unspecified atom stereocenters. The summed E-state index contributed by atoms with van der Waals surface area (Å²) < 4.78 is 53.2. The Morgan fingerprint density at radius 2 is 2.19 bits per heavy atom. The van der Waals surface area contributed by atoms with Crippen LogP contribution < -0.4 is 5.32 Å². The molecular formula is C21H25F3N4O3. The zero-order chi connectivity index (χ0) is 22.4. The first-order chi connectivity index (χ1) is 14.7. The number of carbonyl (C=O) groups excluding carboxylic acids is 1. The predicted octanol–water partition coefficient (Wildman–Crippen LogP) is 3.58. The molecule has 7 nitrogen and oxygen atoms in total. The van der Waals surface area contributed by atoms with E-state index in [4.69, 9.17) is 9.47 Å². The minimum atomic E-state index is -4.55. The molecule has 10 heteroatoms. The standard InChI is InChI=1S/C21H25F3N4O3/c1-14(2)20(29)25-10-16-7-6-15(9-18(16)21(22,23)24)11-28-12-17(26-27-28)13-31-19-5-3-4-8-30-19/h6-7,9,12,19H,1,3-5,8,10-11,13H2,2H3,(H,25,29). The second kappa shape index (κ2) is 10.1. The molecule has 2 heterocycles. The first kappa shape index (κ1) is 23.0. The molecule has 1 saturated heterocycles. The molecule has 3 rings (SSSR count). The fourth-order valence-electron chi connectivity index (χ4n) is 3.16. The predicted molar refractivity (Wildman–Crippen MR) is 106 cm³/mol. The first-order valence-electron chi connectivity index (χ1n) is 9.97. The third kappa shape index (κ3) is 6.63. The highest BCUT2D eigenvalue weighted by Crippen LogP contribution is 2.33. The molecule has 2 aromatic rings. The van der Waals surface area contributed by atoms with Crippen molar-refractivity contribution >= 4 is 5.91 Å². The number of alkyl halides is 3. The monoisotopic (exact) mass is 438 g/mol. The van der Waals surface area contributed by atoms with Gasteiger partial charge in [-0.25, -0.2) is 4.68 Å². The summed E-state index contributed by atoms with van der Waals surface area (Å²) in [6.07, 6.45) is -0.280. The van der Waals surface area contributed by atoms with Gasteiger partial charge in [0.15, 0.2) is 6.29 Å². The summed E-state index contributed by atoms with van der Waals surface area (Å²) in [7, 11) is 0. The van der Waals surface area contributed by atoms with Crippen molar-refractivity contribution in [1.82, 2.24) is 20.3 Å². The number of nitrogens with one attached hydrogen (secondary N) is 1. The van der Waals surface area contributed by atoms with Gasteiger partial charge in [0.25, 0.3) is 0 Å². The summed E-state index contributed by atoms with van der Waals surface area (Å²) in [5.41, 5.74) is 0.391. The normalized spacial score (nSPS) is 16.8. The van der Waals surface area contributed by atoms with Gasteiger partial charge in [-0.2, -0.15) is 13.2 Å². The number of rotatable bonds is 8. The van der Waals surface area contributed by atoms with Crippen LogP contribution in [0.5, 0.6) is 0 Å². The summed E-state index contributed by atoms with van der Waals surface area (Å²) in [5, 5.41) is 10.4. The SMILES string of the molecule is C=C(C)C(=O)NCc1ccc(Cn2cc(COC3CCCCO3)nn2)cc1C(F)(F)F. The van der Waals surface area contributed by atoms with Gasteiger partial charge in [-0.3, -0.25) is 4.79 Å². The zero-order valence-corrected chi connectivity index (χ0v) is 17.2. The molecule has 1 N–H and O–H groups in total. The van der Waals surface area contributed by atoms with E-state index in [1.165, 1.54) is 17.7 Å². The van der Waals surface area contributed by atoms with Gasteiger partial charge in [0, 0.05) is 18.7 Å². The fourth-order valence-corrected chi connectivity index (χ4v) is 3.16. The quantitative estimate of drug-likeness (QED) is 0.638. The maximum Gasteiger partial charge on any atom is 0.416 e. The summed E-state index contributed by atoms with van der Waals surface area (Å²) in [6.45, 7) is 5.74. The van der Waals surface area contributed by atoms with Gasteiger partial charge in [0.05, 0.1) is 24.9 Å². The highest BCUT2D eigenvalue weighted by molar-refractivity contribution is 5.92. The van der Waals surface area contributed by atoms with E-state index in [9.17, 15) is 18.0 Å². The molecule has 1 aliphatic heterocycles. The van der Waals surface area contributed by atoms with Crippen LogP contribution in [-0.4, -0.2) is 33.8 Å². The maximum absolute atomic E-state index is 13.5. The minimum absolute atomic E-state index is 0.0222. The molecule has 168 valence electrons. The van der Waals surface area contributed by atoms with Crippen LogP contribution in [0.4, 0.5) is 13.2 Å². The van der Waals surface area contributed by atoms with Crippen LogP contribution in [0.1, 0.15) is 48.6 Å². The van der Waals surface area contributed by atoms with E-state index in [-0.39, 0.29) is 37.1 Å². The lowest BCUT2D eigenvalue weighted by Gasteiger charge is -2.22. The van der Waals surface area contributed by atoms with Gasteiger partial charge in [-0.1, -0.05) is 23.9 Å². The number of amides is 1. The lowest BCUT2D eigenvalue weighted by molar-refractivity contribution is -0.169. The number of ether oxygens (including phenoxy) is 2. The average Bonchev–Trinajstić information content (AvgIpc) is 3.18. The van der Waals surface area contributed by atoms with Crippen molar-refractivity contribution < 1.29 is 27.4 Å². The van der Waals surface area contributed by atoms with Crippen molar-refractivity contribution in [3.63, 3.8) is 0 Å². The Hall–Kier alpha value is -2.72. The highest BCUT2D eigenvalue weighted by atomic mass is 19.4. The third-order valence-electron chi connectivity index (χ3n) is 4.79. The van der Waals surface area contributed by atoms with Gasteiger partial charge in [-0.05, 0) is 43.4 Å². The molecule has 0 spiro atoms. The second-order valence-corrected chi connectivity index (χ2v) is 7.47. The molecule has 0 aliphatic carbocycles. The van der Waals surface area contributed by atoms with Crippen LogP contribution in [0, 0.1) is 0 Å². The molecular weight excluding hydrogens is 413 g/mol. The van der Waals surface area contributed by atoms with Crippen LogP contribution >= 0.6 is 0 Å². The van der Waals surface area contributed by atoms with E-state index in [2.05, 4.69) is 22.2 Å². The van der Waals surface area contributed by atoms with E-state index in [0.29, 0.717) is 17.9 Å². The number of carbonyl (C=O) groups is 1. The maximum atomic E-state index is 13.5. The number of aromatic nitrogens is 3. The van der Waals surface area contributed by atoms with Gasteiger partial charge in [-0.15, -0.1) is 5.10 Å². The number of hydrogen-bond acceptors (Lipinski definition) is 5. The average molecular weight is 438 g/mol. The van der Waals surface area contributed by atoms with Crippen molar-refractivity contribution in [3.05, 3.63) is 58.9 Å². The van der Waals surface area contributed by atoms with E-state index in [1.54, 1.807) is 12.3 Å². The highest BCUT2D eigenvalue weighted by Gasteiger charge is 2.33. The summed E-state index contributed by atoms with van der Waals surface area (Å²) in [5.74, 6) is -0.492. The Morgan fingerprint density at radius 3 is 2.87 bits per heavy atom. The molecule has 0 bridgehead atoms. The van der Waals surface area contributed by atoms with E-state index in [1.807, 2.05) is 0 Å². The minimum Gasteiger partial charge on any atom is -0.353 e. The van der Waals surface area contributed by atoms with E-state index in [0.717, 1.165) is 25.3 Å². The number of hydrogen-bond donors (Lipinski definition) is 1. The van der Waals surface area contributed by atoms with E-state index >= 15 is 0 Å². The van der Waals surface area contributed by atoms with Gasteiger partial charge < -0.3 is 14.8 Å². The van der Waals surface area contributed by atoms with Crippen molar-refractivity contribution in [2.45, 2.75) is 58.3 Å². The summed E-state index contributed by atoms with van der Waals surface area (Å²) in [4.78, 5) is 11.6. The Labute approximate surface area is 178 Å². The molecule has 0 saturated carbocycles. The van der Waals surface area contributed by atoms with Crippen LogP contribution in [0.25, 0.3) is 0 Å². The first-order valence-corrected chi connectivity index (χ1v) is 9.97. The van der Waals surface area contributed by atoms with Crippen molar-refractivity contribution in [2.75, 3.05) is 6.61 Å². The molecule has 1 aliphatic rings. The van der Waals surface area contributed by atoms with Crippen LogP contribution in [-0.2, 0) is 40.1 Å². The van der Waals surface area contributed by atoms with Gasteiger partial charge in [0.1, 0.15) is 5.69 Å². The largest absolute Gasteiger partial charge is 0.416 e. The van der Waals surface area contributed by atoms with Gasteiger partial charge in [0.2, 0.25) is 5.91 Å². The number of nitrogens with zero attached hydrogens (tertiary/aromatic N) is 3.